The zero-order valence-corrected chi connectivity index (χ0v) is 13.7. The second-order valence-electron chi connectivity index (χ2n) is 7.03. The van der Waals surface area contributed by atoms with Gasteiger partial charge in [0.05, 0.1) is 17.7 Å². The molecule has 0 spiro atoms. The van der Waals surface area contributed by atoms with E-state index in [0.717, 1.165) is 13.1 Å². The first-order chi connectivity index (χ1) is 10.5. The molecular weight excluding hydrogens is 270 g/mol. The predicted molar refractivity (Wildman–Crippen MR) is 90.9 cm³/mol. The van der Waals surface area contributed by atoms with E-state index in [1.807, 2.05) is 0 Å². The lowest BCUT2D eigenvalue weighted by molar-refractivity contribution is -0.131. The topological polar surface area (TPSA) is 12.5 Å². The molecule has 0 bridgehead atoms. The van der Waals surface area contributed by atoms with Crippen molar-refractivity contribution in [2.75, 3.05) is 13.1 Å². The van der Waals surface area contributed by atoms with Crippen LogP contribution in [0.15, 0.2) is 60.7 Å². The molecule has 0 aromatic heterocycles. The van der Waals surface area contributed by atoms with E-state index in [-0.39, 0.29) is 5.60 Å². The summed E-state index contributed by atoms with van der Waals surface area (Å²) in [7, 11) is 0. The van der Waals surface area contributed by atoms with Gasteiger partial charge in [-0.2, -0.15) is 0 Å². The third-order valence-corrected chi connectivity index (χ3v) is 3.99. The van der Waals surface area contributed by atoms with Crippen molar-refractivity contribution in [2.45, 2.75) is 38.5 Å². The lowest BCUT2D eigenvalue weighted by Crippen LogP contribution is -2.55. The van der Waals surface area contributed by atoms with Crippen molar-refractivity contribution >= 4 is 0 Å². The Morgan fingerprint density at radius 3 is 1.73 bits per heavy atom. The number of ether oxygens (including phenoxy) is 1. The van der Waals surface area contributed by atoms with Crippen molar-refractivity contribution in [2.24, 2.45) is 0 Å². The quantitative estimate of drug-likeness (QED) is 0.835. The molecule has 0 unspecified atom stereocenters. The third kappa shape index (κ3) is 3.57. The maximum Gasteiger partial charge on any atom is 0.0836 e. The van der Waals surface area contributed by atoms with Gasteiger partial charge in [0, 0.05) is 13.1 Å². The highest BCUT2D eigenvalue weighted by Gasteiger charge is 2.36. The average molecular weight is 295 g/mol. The highest BCUT2D eigenvalue weighted by Crippen LogP contribution is 2.33. The van der Waals surface area contributed by atoms with Crippen LogP contribution in [0.3, 0.4) is 0 Å². The summed E-state index contributed by atoms with van der Waals surface area (Å²) < 4.78 is 6.08. The second-order valence-corrected chi connectivity index (χ2v) is 7.03. The fourth-order valence-corrected chi connectivity index (χ4v) is 3.14. The molecule has 116 valence electrons. The zero-order chi connectivity index (χ0) is 15.6. The molecule has 0 radical (unpaired) electrons. The minimum absolute atomic E-state index is 0.0637. The molecule has 2 nitrogen and oxygen atoms in total. The normalized spacial score (nSPS) is 16.7. The number of hydrogen-bond acceptors (Lipinski definition) is 2. The Balaban J connectivity index is 1.77. The van der Waals surface area contributed by atoms with Gasteiger partial charge in [-0.25, -0.2) is 0 Å². The van der Waals surface area contributed by atoms with Crippen LogP contribution < -0.4 is 0 Å². The molecule has 2 heteroatoms. The van der Waals surface area contributed by atoms with E-state index in [2.05, 4.69) is 86.3 Å². The van der Waals surface area contributed by atoms with E-state index in [4.69, 9.17) is 4.74 Å². The van der Waals surface area contributed by atoms with Gasteiger partial charge in [0.15, 0.2) is 0 Å². The van der Waals surface area contributed by atoms with Crippen LogP contribution in [0.5, 0.6) is 0 Å². The van der Waals surface area contributed by atoms with Gasteiger partial charge < -0.3 is 4.74 Å². The van der Waals surface area contributed by atoms with Crippen molar-refractivity contribution in [3.63, 3.8) is 0 Å². The summed E-state index contributed by atoms with van der Waals surface area (Å²) in [6, 6.07) is 21.8. The summed E-state index contributed by atoms with van der Waals surface area (Å²) in [5.41, 5.74) is 2.64. The van der Waals surface area contributed by atoms with E-state index < -0.39 is 0 Å². The van der Waals surface area contributed by atoms with Crippen LogP contribution in [0.1, 0.15) is 37.9 Å². The Morgan fingerprint density at radius 2 is 1.32 bits per heavy atom. The van der Waals surface area contributed by atoms with Crippen LogP contribution in [0.25, 0.3) is 0 Å². The van der Waals surface area contributed by atoms with Gasteiger partial charge in [-0.1, -0.05) is 60.7 Å². The van der Waals surface area contributed by atoms with Gasteiger partial charge in [0.1, 0.15) is 0 Å². The van der Waals surface area contributed by atoms with Gasteiger partial charge in [-0.3, -0.25) is 4.90 Å². The highest BCUT2D eigenvalue weighted by atomic mass is 16.5. The first kappa shape index (κ1) is 15.3. The van der Waals surface area contributed by atoms with E-state index in [1.165, 1.54) is 11.1 Å². The van der Waals surface area contributed by atoms with Crippen molar-refractivity contribution in [1.29, 1.82) is 0 Å². The highest BCUT2D eigenvalue weighted by molar-refractivity contribution is 5.32. The number of nitrogens with zero attached hydrogens (tertiary/aromatic N) is 1. The van der Waals surface area contributed by atoms with Crippen LogP contribution in [0.2, 0.25) is 0 Å². The predicted octanol–water partition coefficient (Wildman–Crippen LogP) is 4.28. The Hall–Kier alpha value is -1.64. The summed E-state index contributed by atoms with van der Waals surface area (Å²) in [6.07, 6.45) is 0.343. The Labute approximate surface area is 133 Å². The van der Waals surface area contributed by atoms with Gasteiger partial charge in [0.2, 0.25) is 0 Å². The van der Waals surface area contributed by atoms with Crippen LogP contribution in [0, 0.1) is 0 Å². The summed E-state index contributed by atoms with van der Waals surface area (Å²) >= 11 is 0. The molecule has 1 aliphatic rings. The van der Waals surface area contributed by atoms with Crippen molar-refractivity contribution in [1.82, 2.24) is 4.90 Å². The van der Waals surface area contributed by atoms with Crippen molar-refractivity contribution in [3.05, 3.63) is 71.8 Å². The molecule has 2 aromatic carbocycles. The minimum atomic E-state index is -0.0637. The lowest BCUT2D eigenvalue weighted by atomic mass is 9.93. The Morgan fingerprint density at radius 1 is 0.864 bits per heavy atom. The van der Waals surface area contributed by atoms with Gasteiger partial charge in [-0.05, 0) is 31.9 Å². The smallest absolute Gasteiger partial charge is 0.0836 e. The maximum absolute atomic E-state index is 6.08. The van der Waals surface area contributed by atoms with Crippen LogP contribution in [0.4, 0.5) is 0 Å². The molecule has 1 aliphatic heterocycles. The van der Waals surface area contributed by atoms with Gasteiger partial charge in [0.25, 0.3) is 0 Å². The molecule has 1 saturated heterocycles. The van der Waals surface area contributed by atoms with E-state index in [9.17, 15) is 0 Å². The van der Waals surface area contributed by atoms with Gasteiger partial charge in [-0.15, -0.1) is 0 Å². The van der Waals surface area contributed by atoms with E-state index in [0.29, 0.717) is 12.1 Å². The summed E-state index contributed by atoms with van der Waals surface area (Å²) in [5, 5.41) is 0. The first-order valence-electron chi connectivity index (χ1n) is 8.05. The molecule has 0 N–H and O–H groups in total. The standard InChI is InChI=1S/C20H25NO/c1-20(2,3)22-18-14-21(15-18)19(16-10-6-4-7-11-16)17-12-8-5-9-13-17/h4-13,18-19H,14-15H2,1-3H3. The zero-order valence-electron chi connectivity index (χ0n) is 13.7. The molecular formula is C20H25NO. The average Bonchev–Trinajstić information content (AvgIpc) is 2.46. The number of hydrogen-bond donors (Lipinski definition) is 0. The molecule has 0 saturated carbocycles. The van der Waals surface area contributed by atoms with Crippen molar-refractivity contribution in [3.8, 4) is 0 Å². The van der Waals surface area contributed by atoms with E-state index >= 15 is 0 Å². The number of likely N-dealkylation sites (tertiary alicyclic amines) is 1. The first-order valence-corrected chi connectivity index (χ1v) is 8.05. The van der Waals surface area contributed by atoms with Crippen LogP contribution >= 0.6 is 0 Å². The summed E-state index contributed by atoms with van der Waals surface area (Å²) in [6.45, 7) is 8.36. The van der Waals surface area contributed by atoms with Crippen LogP contribution in [-0.2, 0) is 4.74 Å². The molecule has 0 amide bonds. The SMILES string of the molecule is CC(C)(C)OC1CN(C(c2ccccc2)c2ccccc2)C1. The largest absolute Gasteiger partial charge is 0.370 e. The third-order valence-electron chi connectivity index (χ3n) is 3.99. The number of rotatable bonds is 4. The molecule has 22 heavy (non-hydrogen) atoms. The molecule has 1 heterocycles. The lowest BCUT2D eigenvalue weighted by Gasteiger charge is -2.46. The maximum atomic E-state index is 6.08. The monoisotopic (exact) mass is 295 g/mol. The minimum Gasteiger partial charge on any atom is -0.370 e. The summed E-state index contributed by atoms with van der Waals surface area (Å²) in [4.78, 5) is 2.50. The molecule has 1 fully saturated rings. The Kier molecular flexibility index (Phi) is 4.32. The fraction of sp³-hybridized carbons (Fsp3) is 0.400. The van der Waals surface area contributed by atoms with Crippen molar-refractivity contribution < 1.29 is 4.74 Å². The molecule has 3 rings (SSSR count). The summed E-state index contributed by atoms with van der Waals surface area (Å²) in [5.74, 6) is 0. The number of benzene rings is 2. The molecule has 0 atom stereocenters. The van der Waals surface area contributed by atoms with Gasteiger partial charge >= 0.3 is 0 Å². The fourth-order valence-electron chi connectivity index (χ4n) is 3.14. The molecule has 2 aromatic rings. The van der Waals surface area contributed by atoms with Crippen LogP contribution in [-0.4, -0.2) is 29.7 Å². The Bertz CT molecular complexity index is 543. The molecule has 0 aliphatic carbocycles. The van der Waals surface area contributed by atoms with E-state index in [1.54, 1.807) is 0 Å². The second kappa shape index (κ2) is 6.23.